The number of sulfone groups is 1. The van der Waals surface area contributed by atoms with Crippen LogP contribution in [-0.4, -0.2) is 27.3 Å². The number of nitrogens with zero attached hydrogens (tertiary/aromatic N) is 1. The highest BCUT2D eigenvalue weighted by Crippen LogP contribution is 2.19. The summed E-state index contributed by atoms with van der Waals surface area (Å²) < 4.78 is 42.0. The lowest BCUT2D eigenvalue weighted by atomic mass is 10.2. The molecule has 2 N–H and O–H groups in total. The number of benzene rings is 1. The van der Waals surface area contributed by atoms with E-state index in [9.17, 15) is 12.8 Å². The van der Waals surface area contributed by atoms with E-state index in [0.717, 1.165) is 0 Å². The number of nitrogens with two attached hydrogens (primary N) is 1. The summed E-state index contributed by atoms with van der Waals surface area (Å²) in [5.41, 5.74) is 5.64. The molecule has 1 aromatic carbocycles. The molecule has 0 radical (unpaired) electrons. The van der Waals surface area contributed by atoms with Gasteiger partial charge in [0.15, 0.2) is 9.84 Å². The van der Waals surface area contributed by atoms with Crippen LogP contribution in [-0.2, 0) is 9.84 Å². The molecule has 0 unspecified atom stereocenters. The van der Waals surface area contributed by atoms with Crippen LogP contribution in [0.25, 0.3) is 0 Å². The maximum absolute atomic E-state index is 12.4. The SMILES string of the molecule is N#CCCCCCS(=O)(=O)c1ccc(OC/C(=C/F)CN)cc1. The number of nitriles is 1. The Kier molecular flexibility index (Phi) is 8.30. The Morgan fingerprint density at radius 2 is 1.96 bits per heavy atom. The van der Waals surface area contributed by atoms with Gasteiger partial charge in [0.2, 0.25) is 0 Å². The van der Waals surface area contributed by atoms with Crippen LogP contribution < -0.4 is 10.5 Å². The third-order valence-electron chi connectivity index (χ3n) is 3.23. The molecule has 0 atom stereocenters. The van der Waals surface area contributed by atoms with Gasteiger partial charge in [-0.15, -0.1) is 0 Å². The third kappa shape index (κ3) is 6.80. The molecule has 0 aliphatic carbocycles. The van der Waals surface area contributed by atoms with E-state index in [1.54, 1.807) is 0 Å². The maximum Gasteiger partial charge on any atom is 0.178 e. The second-order valence-electron chi connectivity index (χ2n) is 5.02. The normalized spacial score (nSPS) is 12.0. The lowest BCUT2D eigenvalue weighted by Crippen LogP contribution is -2.11. The molecular weight excluding hydrogens is 319 g/mol. The number of unbranched alkanes of at least 4 members (excludes halogenated alkanes) is 3. The zero-order valence-corrected chi connectivity index (χ0v) is 13.7. The molecule has 0 amide bonds. The fraction of sp³-hybridized carbons (Fsp3) is 0.438. The van der Waals surface area contributed by atoms with Crippen LogP contribution in [0.1, 0.15) is 25.7 Å². The summed E-state index contributed by atoms with van der Waals surface area (Å²) in [6.45, 7) is 0.0900. The summed E-state index contributed by atoms with van der Waals surface area (Å²) in [5, 5.41) is 8.43. The van der Waals surface area contributed by atoms with E-state index in [1.807, 2.05) is 6.07 Å². The van der Waals surface area contributed by atoms with Gasteiger partial charge in [0, 0.05) is 18.5 Å². The number of rotatable bonds is 10. The third-order valence-corrected chi connectivity index (χ3v) is 5.04. The fourth-order valence-corrected chi connectivity index (χ4v) is 3.22. The quantitative estimate of drug-likeness (QED) is 0.661. The van der Waals surface area contributed by atoms with E-state index in [0.29, 0.717) is 43.3 Å². The summed E-state index contributed by atoms with van der Waals surface area (Å²) in [5.74, 6) is 0.506. The standard InChI is InChI=1S/C16H21FN2O3S/c17-11-14(12-19)13-22-15-5-7-16(8-6-15)23(20,21)10-4-2-1-3-9-18/h5-8,11H,1-4,10,12-13,19H2/b14-11+. The van der Waals surface area contributed by atoms with Gasteiger partial charge >= 0.3 is 0 Å². The minimum absolute atomic E-state index is 0.0258. The molecule has 1 aromatic rings. The molecule has 0 aromatic heterocycles. The molecule has 0 saturated carbocycles. The van der Waals surface area contributed by atoms with Crippen LogP contribution in [0.2, 0.25) is 0 Å². The molecule has 0 bridgehead atoms. The van der Waals surface area contributed by atoms with Crippen LogP contribution in [0.5, 0.6) is 5.75 Å². The first kappa shape index (κ1) is 19.1. The van der Waals surface area contributed by atoms with E-state index in [2.05, 4.69) is 0 Å². The molecule has 126 valence electrons. The van der Waals surface area contributed by atoms with Crippen molar-refractivity contribution in [1.29, 1.82) is 5.26 Å². The predicted molar refractivity (Wildman–Crippen MR) is 86.3 cm³/mol. The molecule has 0 spiro atoms. The van der Waals surface area contributed by atoms with Gasteiger partial charge in [0.25, 0.3) is 0 Å². The maximum atomic E-state index is 12.4. The van der Waals surface area contributed by atoms with Crippen LogP contribution in [0.15, 0.2) is 41.1 Å². The largest absolute Gasteiger partial charge is 0.489 e. The van der Waals surface area contributed by atoms with E-state index in [1.165, 1.54) is 24.3 Å². The van der Waals surface area contributed by atoms with Crippen molar-refractivity contribution in [2.75, 3.05) is 18.9 Å². The van der Waals surface area contributed by atoms with Crippen LogP contribution in [0, 0.1) is 11.3 Å². The van der Waals surface area contributed by atoms with Crippen molar-refractivity contribution in [3.05, 3.63) is 36.2 Å². The van der Waals surface area contributed by atoms with Gasteiger partial charge in [-0.25, -0.2) is 12.8 Å². The zero-order valence-electron chi connectivity index (χ0n) is 12.9. The van der Waals surface area contributed by atoms with E-state index >= 15 is 0 Å². The molecule has 5 nitrogen and oxygen atoms in total. The predicted octanol–water partition coefficient (Wildman–Crippen LogP) is 2.74. The summed E-state index contributed by atoms with van der Waals surface area (Å²) in [4.78, 5) is 0.227. The molecule has 0 heterocycles. The molecule has 0 aliphatic heterocycles. The monoisotopic (exact) mass is 340 g/mol. The van der Waals surface area contributed by atoms with Crippen molar-refractivity contribution in [3.8, 4) is 11.8 Å². The van der Waals surface area contributed by atoms with Crippen LogP contribution >= 0.6 is 0 Å². The average molecular weight is 340 g/mol. The number of ether oxygens (including phenoxy) is 1. The summed E-state index contributed by atoms with van der Waals surface area (Å²) >= 11 is 0. The Labute approximate surface area is 136 Å². The van der Waals surface area contributed by atoms with Gasteiger partial charge in [0.05, 0.1) is 23.0 Å². The zero-order chi connectivity index (χ0) is 17.1. The minimum Gasteiger partial charge on any atom is -0.489 e. The lowest BCUT2D eigenvalue weighted by molar-refractivity contribution is 0.347. The van der Waals surface area contributed by atoms with Crippen molar-refractivity contribution in [3.63, 3.8) is 0 Å². The molecule has 0 fully saturated rings. The van der Waals surface area contributed by atoms with Crippen molar-refractivity contribution in [2.24, 2.45) is 5.73 Å². The Hall–Kier alpha value is -1.91. The summed E-state index contributed by atoms with van der Waals surface area (Å²) in [7, 11) is -3.33. The molecular formula is C16H21FN2O3S. The second kappa shape index (κ2) is 9.98. The Morgan fingerprint density at radius 1 is 1.26 bits per heavy atom. The smallest absolute Gasteiger partial charge is 0.178 e. The number of hydrogen-bond acceptors (Lipinski definition) is 5. The van der Waals surface area contributed by atoms with Gasteiger partial charge in [-0.05, 0) is 37.1 Å². The Morgan fingerprint density at radius 3 is 2.52 bits per heavy atom. The summed E-state index contributed by atoms with van der Waals surface area (Å²) in [6.07, 6.45) is 2.81. The molecule has 1 rings (SSSR count). The van der Waals surface area contributed by atoms with Crippen molar-refractivity contribution < 1.29 is 17.5 Å². The van der Waals surface area contributed by atoms with Crippen molar-refractivity contribution in [2.45, 2.75) is 30.6 Å². The first-order valence-corrected chi connectivity index (χ1v) is 8.99. The van der Waals surface area contributed by atoms with E-state index in [4.69, 9.17) is 15.7 Å². The van der Waals surface area contributed by atoms with Gasteiger partial charge in [-0.3, -0.25) is 0 Å². The van der Waals surface area contributed by atoms with Crippen LogP contribution in [0.4, 0.5) is 4.39 Å². The molecule has 0 saturated heterocycles. The van der Waals surface area contributed by atoms with E-state index < -0.39 is 9.84 Å². The Balaban J connectivity index is 2.56. The fourth-order valence-electron chi connectivity index (χ4n) is 1.84. The minimum atomic E-state index is -3.33. The van der Waals surface area contributed by atoms with E-state index in [-0.39, 0.29) is 23.8 Å². The van der Waals surface area contributed by atoms with Gasteiger partial charge in [0.1, 0.15) is 12.4 Å². The van der Waals surface area contributed by atoms with Crippen molar-refractivity contribution in [1.82, 2.24) is 0 Å². The Bertz CT molecular complexity index is 649. The molecule has 7 heteroatoms. The number of halogens is 1. The van der Waals surface area contributed by atoms with Gasteiger partial charge < -0.3 is 10.5 Å². The first-order valence-electron chi connectivity index (χ1n) is 7.34. The van der Waals surface area contributed by atoms with Gasteiger partial charge in [-0.1, -0.05) is 6.42 Å². The molecule has 0 aliphatic rings. The van der Waals surface area contributed by atoms with Crippen molar-refractivity contribution >= 4 is 9.84 Å². The highest BCUT2D eigenvalue weighted by atomic mass is 32.2. The summed E-state index contributed by atoms with van der Waals surface area (Å²) in [6, 6.07) is 8.05. The highest BCUT2D eigenvalue weighted by Gasteiger charge is 2.14. The molecule has 23 heavy (non-hydrogen) atoms. The second-order valence-corrected chi connectivity index (χ2v) is 7.13. The highest BCUT2D eigenvalue weighted by molar-refractivity contribution is 7.91. The van der Waals surface area contributed by atoms with Gasteiger partial charge in [-0.2, -0.15) is 5.26 Å². The topological polar surface area (TPSA) is 93.2 Å². The first-order chi connectivity index (χ1) is 11.0. The number of hydrogen-bond donors (Lipinski definition) is 1. The lowest BCUT2D eigenvalue weighted by Gasteiger charge is -2.08. The average Bonchev–Trinajstić information content (AvgIpc) is 2.56. The van der Waals surface area contributed by atoms with Crippen LogP contribution in [0.3, 0.4) is 0 Å².